The highest BCUT2D eigenvalue weighted by Gasteiger charge is 2.59. The Bertz CT molecular complexity index is 807. The van der Waals surface area contributed by atoms with Gasteiger partial charge in [0.05, 0.1) is 0 Å². The molecule has 2 heterocycles. The van der Waals surface area contributed by atoms with E-state index < -0.39 is 5.41 Å². The lowest BCUT2D eigenvalue weighted by molar-refractivity contribution is -0.150. The van der Waals surface area contributed by atoms with E-state index in [4.69, 9.17) is 0 Å². The Morgan fingerprint density at radius 1 is 1.11 bits per heavy atom. The zero-order valence-corrected chi connectivity index (χ0v) is 16.4. The molecule has 1 amide bonds. The maximum absolute atomic E-state index is 13.4. The Morgan fingerprint density at radius 3 is 2.48 bits per heavy atom. The summed E-state index contributed by atoms with van der Waals surface area (Å²) in [6.45, 7) is 6.39. The van der Waals surface area contributed by atoms with E-state index in [-0.39, 0.29) is 28.9 Å². The van der Waals surface area contributed by atoms with Crippen molar-refractivity contribution in [1.82, 2.24) is 0 Å². The van der Waals surface area contributed by atoms with Crippen LogP contribution in [0.2, 0.25) is 0 Å². The predicted octanol–water partition coefficient (Wildman–Crippen LogP) is 3.50. The number of carbonyl (C=O) groups is 3. The lowest BCUT2D eigenvalue weighted by Gasteiger charge is -2.54. The number of benzene rings is 1. The third-order valence-electron chi connectivity index (χ3n) is 6.52. The molecule has 5 heteroatoms. The van der Waals surface area contributed by atoms with Gasteiger partial charge in [-0.25, -0.2) is 0 Å². The first-order valence-electron chi connectivity index (χ1n) is 9.97. The van der Waals surface area contributed by atoms with Crippen LogP contribution in [0.5, 0.6) is 0 Å². The summed E-state index contributed by atoms with van der Waals surface area (Å²) >= 11 is 0. The molecule has 1 spiro atoms. The van der Waals surface area contributed by atoms with Crippen LogP contribution in [0.4, 0.5) is 11.4 Å². The largest absolute Gasteiger partial charge is 0.367 e. The molecule has 0 unspecified atom stereocenters. The molecular weight excluding hydrogens is 340 g/mol. The molecule has 27 heavy (non-hydrogen) atoms. The minimum atomic E-state index is -0.919. The number of Topliss-reactive ketones (excluding diaryl/α,β-unsaturated/α-hetero) is 2. The second kappa shape index (κ2) is 6.18. The van der Waals surface area contributed by atoms with Crippen molar-refractivity contribution < 1.29 is 14.4 Å². The molecule has 1 atom stereocenters. The van der Waals surface area contributed by atoms with Gasteiger partial charge in [-0.15, -0.1) is 0 Å². The average molecular weight is 368 g/mol. The number of nitrogens with zero attached hydrogens (tertiary/aromatic N) is 1. The van der Waals surface area contributed by atoms with Gasteiger partial charge in [0.15, 0.2) is 0 Å². The Balaban J connectivity index is 1.82. The molecule has 2 fully saturated rings. The van der Waals surface area contributed by atoms with Gasteiger partial charge in [0.1, 0.15) is 17.0 Å². The minimum absolute atomic E-state index is 0.0264. The average Bonchev–Trinajstić information content (AvgIpc) is 2.58. The molecule has 1 saturated carbocycles. The minimum Gasteiger partial charge on any atom is -0.367 e. The van der Waals surface area contributed by atoms with E-state index in [2.05, 4.69) is 10.2 Å². The van der Waals surface area contributed by atoms with Gasteiger partial charge in [-0.05, 0) is 54.9 Å². The van der Waals surface area contributed by atoms with E-state index in [1.54, 1.807) is 0 Å². The van der Waals surface area contributed by atoms with Gasteiger partial charge in [-0.2, -0.15) is 0 Å². The van der Waals surface area contributed by atoms with Gasteiger partial charge in [0.25, 0.3) is 0 Å². The molecule has 0 bridgehead atoms. The van der Waals surface area contributed by atoms with Crippen LogP contribution >= 0.6 is 0 Å². The number of ketones is 2. The Morgan fingerprint density at radius 2 is 1.81 bits per heavy atom. The molecule has 144 valence electrons. The first-order chi connectivity index (χ1) is 12.7. The molecular formula is C22H28N2O3. The van der Waals surface area contributed by atoms with Crippen molar-refractivity contribution in [2.24, 2.45) is 10.8 Å². The molecule has 2 aliphatic heterocycles. The lowest BCUT2D eigenvalue weighted by atomic mass is 9.55. The molecule has 0 radical (unpaired) electrons. The summed E-state index contributed by atoms with van der Waals surface area (Å²) in [6.07, 6.45) is 4.42. The predicted molar refractivity (Wildman–Crippen MR) is 105 cm³/mol. The van der Waals surface area contributed by atoms with Crippen LogP contribution in [0.3, 0.4) is 0 Å². The monoisotopic (exact) mass is 368 g/mol. The zero-order valence-electron chi connectivity index (χ0n) is 16.4. The van der Waals surface area contributed by atoms with E-state index in [1.165, 1.54) is 6.92 Å². The molecule has 3 aliphatic rings. The molecule has 5 nitrogen and oxygen atoms in total. The second-order valence-electron chi connectivity index (χ2n) is 9.24. The van der Waals surface area contributed by atoms with Crippen LogP contribution in [-0.2, 0) is 20.8 Å². The first-order valence-corrected chi connectivity index (χ1v) is 9.97. The number of hydrogen-bond acceptors (Lipinski definition) is 4. The third kappa shape index (κ3) is 2.88. The maximum atomic E-state index is 13.4. The Hall–Kier alpha value is -2.17. The third-order valence-corrected chi connectivity index (χ3v) is 6.52. The van der Waals surface area contributed by atoms with Crippen molar-refractivity contribution in [2.75, 3.05) is 16.8 Å². The van der Waals surface area contributed by atoms with Crippen molar-refractivity contribution in [1.29, 1.82) is 0 Å². The summed E-state index contributed by atoms with van der Waals surface area (Å²) in [7, 11) is 0. The van der Waals surface area contributed by atoms with Gasteiger partial charge in [-0.1, -0.05) is 13.8 Å². The molecule has 1 aromatic rings. The number of amides is 1. The maximum Gasteiger partial charge on any atom is 0.221 e. The smallest absolute Gasteiger partial charge is 0.221 e. The van der Waals surface area contributed by atoms with E-state index in [9.17, 15) is 14.4 Å². The Labute approximate surface area is 160 Å². The number of piperidine rings is 1. The molecule has 1 saturated heterocycles. The lowest BCUT2D eigenvalue weighted by Crippen LogP contribution is -2.64. The summed E-state index contributed by atoms with van der Waals surface area (Å²) < 4.78 is 0. The number of hydrogen-bond donors (Lipinski definition) is 1. The van der Waals surface area contributed by atoms with Gasteiger partial charge in [0.2, 0.25) is 5.91 Å². The molecule has 4 rings (SSSR count). The highest BCUT2D eigenvalue weighted by molar-refractivity contribution is 6.11. The fourth-order valence-electron chi connectivity index (χ4n) is 5.41. The van der Waals surface area contributed by atoms with E-state index in [0.717, 1.165) is 42.7 Å². The van der Waals surface area contributed by atoms with Crippen LogP contribution in [0.15, 0.2) is 18.2 Å². The van der Waals surface area contributed by atoms with E-state index in [1.807, 2.05) is 32.0 Å². The van der Waals surface area contributed by atoms with E-state index in [0.29, 0.717) is 19.3 Å². The number of rotatable bonds is 1. The zero-order chi connectivity index (χ0) is 19.4. The van der Waals surface area contributed by atoms with Crippen LogP contribution in [0, 0.1) is 10.8 Å². The molecule has 1 N–H and O–H groups in total. The van der Waals surface area contributed by atoms with Crippen molar-refractivity contribution in [3.05, 3.63) is 23.8 Å². The summed E-state index contributed by atoms with van der Waals surface area (Å²) in [4.78, 5) is 40.6. The van der Waals surface area contributed by atoms with Crippen molar-refractivity contribution in [3.63, 3.8) is 0 Å². The SMILES string of the molecule is CC(=O)Nc1ccc2c(c1)CC1(C(=O)CC(C)(C)CC1=O)[C@@H]1CCCCN21. The van der Waals surface area contributed by atoms with Crippen LogP contribution in [0.25, 0.3) is 0 Å². The van der Waals surface area contributed by atoms with Crippen LogP contribution in [0.1, 0.15) is 58.4 Å². The van der Waals surface area contributed by atoms with Gasteiger partial charge < -0.3 is 10.2 Å². The van der Waals surface area contributed by atoms with Crippen LogP contribution < -0.4 is 10.2 Å². The van der Waals surface area contributed by atoms with Gasteiger partial charge in [0, 0.05) is 43.7 Å². The highest BCUT2D eigenvalue weighted by atomic mass is 16.2. The molecule has 0 aromatic heterocycles. The summed E-state index contributed by atoms with van der Waals surface area (Å²) in [6, 6.07) is 5.87. The Kier molecular flexibility index (Phi) is 4.17. The topological polar surface area (TPSA) is 66.5 Å². The van der Waals surface area contributed by atoms with Crippen LogP contribution in [-0.4, -0.2) is 30.1 Å². The number of carbonyl (C=O) groups excluding carboxylic acids is 3. The second-order valence-corrected chi connectivity index (χ2v) is 9.24. The number of fused-ring (bicyclic) bond motifs is 4. The molecule has 1 aromatic carbocycles. The first kappa shape index (κ1) is 18.2. The van der Waals surface area contributed by atoms with E-state index >= 15 is 0 Å². The van der Waals surface area contributed by atoms with Crippen molar-refractivity contribution in [3.8, 4) is 0 Å². The summed E-state index contributed by atoms with van der Waals surface area (Å²) in [5, 5.41) is 2.83. The van der Waals surface area contributed by atoms with Crippen molar-refractivity contribution >= 4 is 28.8 Å². The molecule has 1 aliphatic carbocycles. The normalized spacial score (nSPS) is 25.7. The summed E-state index contributed by atoms with van der Waals surface area (Å²) in [5.41, 5.74) is 1.67. The highest BCUT2D eigenvalue weighted by Crippen LogP contribution is 2.52. The standard InChI is InChI=1S/C22H28N2O3/c1-14(25)23-16-7-8-17-15(10-16)11-22(18-6-4-5-9-24(17)18)19(26)12-21(2,3)13-20(22)27/h7-8,10,18H,4-6,9,11-13H2,1-3H3,(H,23,25)/t18-/m0/s1. The summed E-state index contributed by atoms with van der Waals surface area (Å²) in [5.74, 6) is 0.0929. The fourth-order valence-corrected chi connectivity index (χ4v) is 5.41. The quantitative estimate of drug-likeness (QED) is 0.771. The van der Waals surface area contributed by atoms with Crippen molar-refractivity contribution in [2.45, 2.75) is 65.3 Å². The van der Waals surface area contributed by atoms with Gasteiger partial charge in [-0.3, -0.25) is 14.4 Å². The fraction of sp³-hybridized carbons (Fsp3) is 0.591. The number of anilines is 2. The van der Waals surface area contributed by atoms with Gasteiger partial charge >= 0.3 is 0 Å². The number of nitrogens with one attached hydrogen (secondary N) is 1.